The molecule has 1 rings (SSSR count). The quantitative estimate of drug-likeness (QED) is 0.188. The predicted molar refractivity (Wildman–Crippen MR) is 113 cm³/mol. The van der Waals surface area contributed by atoms with Crippen LogP contribution in [0, 0.1) is 6.42 Å². The molecule has 1 N–H and O–H groups in total. The molecule has 0 bridgehead atoms. The Kier molecular flexibility index (Phi) is 12.8. The fraction of sp³-hybridized carbons (Fsp3) is 0.682. The number of nitrogens with zero attached hydrogens (tertiary/aromatic N) is 1. The Hall–Kier alpha value is -0.773. The molecule has 0 aromatic heterocycles. The summed E-state index contributed by atoms with van der Waals surface area (Å²) >= 11 is 0. The maximum Gasteiger partial charge on any atom is 0.177 e. The van der Waals surface area contributed by atoms with Gasteiger partial charge < -0.3 is 5.32 Å². The van der Waals surface area contributed by atoms with Gasteiger partial charge in [0.2, 0.25) is 0 Å². The summed E-state index contributed by atoms with van der Waals surface area (Å²) in [7, 11) is 8.08. The lowest BCUT2D eigenvalue weighted by Gasteiger charge is -2.23. The van der Waals surface area contributed by atoms with Crippen molar-refractivity contribution >= 4 is 10.2 Å². The Morgan fingerprint density at radius 3 is 2.16 bits per heavy atom. The van der Waals surface area contributed by atoms with Crippen LogP contribution in [-0.2, 0) is 0 Å². The average molecular weight is 360 g/mol. The van der Waals surface area contributed by atoms with Crippen molar-refractivity contribution in [2.45, 2.75) is 63.8 Å². The van der Waals surface area contributed by atoms with Gasteiger partial charge in [-0.2, -0.15) is 0 Å². The zero-order valence-electron chi connectivity index (χ0n) is 16.6. The SMILES string of the molecule is C[N+](C)(C=C1C=CC=C[CH+]1)CCNCCCCCCCCCCC[Si]. The number of hydrogen-bond donors (Lipinski definition) is 1. The fourth-order valence-corrected chi connectivity index (χ4v) is 3.36. The normalized spacial score (nSPS) is 15.7. The molecule has 0 amide bonds. The fourth-order valence-electron chi connectivity index (χ4n) is 3.11. The molecule has 0 saturated carbocycles. The van der Waals surface area contributed by atoms with Crippen molar-refractivity contribution in [3.8, 4) is 0 Å². The Morgan fingerprint density at radius 1 is 0.920 bits per heavy atom. The maximum absolute atomic E-state index is 3.61. The van der Waals surface area contributed by atoms with Crippen LogP contribution in [0.4, 0.5) is 0 Å². The first-order valence-electron chi connectivity index (χ1n) is 10.2. The van der Waals surface area contributed by atoms with Crippen molar-refractivity contribution in [1.82, 2.24) is 5.32 Å². The second-order valence-electron chi connectivity index (χ2n) is 7.72. The number of allylic oxidation sites excluding steroid dienone is 5. The maximum atomic E-state index is 3.61. The largest absolute Gasteiger partial charge is 0.311 e. The number of nitrogens with one attached hydrogen (secondary N) is 1. The van der Waals surface area contributed by atoms with Gasteiger partial charge in [0.25, 0.3) is 0 Å². The third-order valence-corrected chi connectivity index (χ3v) is 5.05. The van der Waals surface area contributed by atoms with Gasteiger partial charge in [-0.15, -0.1) is 0 Å². The van der Waals surface area contributed by atoms with Crippen LogP contribution in [-0.4, -0.2) is 48.5 Å². The van der Waals surface area contributed by atoms with E-state index in [2.05, 4.69) is 66.6 Å². The number of quaternary nitrogens is 1. The van der Waals surface area contributed by atoms with Crippen molar-refractivity contribution in [3.63, 3.8) is 0 Å². The number of likely N-dealkylation sites (N-methyl/N-ethyl adjacent to an activating group) is 1. The highest BCUT2D eigenvalue weighted by molar-refractivity contribution is 6.08. The molecule has 0 atom stereocenters. The number of hydrogen-bond acceptors (Lipinski definition) is 1. The van der Waals surface area contributed by atoms with E-state index in [0.717, 1.165) is 30.2 Å². The molecular formula is C22H39N2Si+2. The molecule has 0 heterocycles. The first-order chi connectivity index (χ1) is 12.1. The van der Waals surface area contributed by atoms with Gasteiger partial charge in [0.1, 0.15) is 12.1 Å². The zero-order chi connectivity index (χ0) is 18.2. The molecule has 3 radical (unpaired) electrons. The first-order valence-corrected chi connectivity index (χ1v) is 10.9. The van der Waals surface area contributed by atoms with Crippen molar-refractivity contribution in [2.75, 3.05) is 33.7 Å². The Labute approximate surface area is 160 Å². The van der Waals surface area contributed by atoms with Crippen LogP contribution in [0.2, 0.25) is 6.04 Å². The molecule has 139 valence electrons. The van der Waals surface area contributed by atoms with Gasteiger partial charge in [0, 0.05) is 47.5 Å². The van der Waals surface area contributed by atoms with Crippen molar-refractivity contribution in [1.29, 1.82) is 0 Å². The van der Waals surface area contributed by atoms with Gasteiger partial charge in [0.15, 0.2) is 6.20 Å². The number of unbranched alkanes of at least 4 members (excludes halogenated alkanes) is 8. The molecule has 0 fully saturated rings. The van der Waals surface area contributed by atoms with Gasteiger partial charge in [-0.25, -0.2) is 0 Å². The summed E-state index contributed by atoms with van der Waals surface area (Å²) in [5.74, 6) is 0. The van der Waals surface area contributed by atoms with Crippen LogP contribution in [0.3, 0.4) is 0 Å². The Balaban J connectivity index is 1.91. The molecule has 25 heavy (non-hydrogen) atoms. The summed E-state index contributed by atoms with van der Waals surface area (Å²) in [4.78, 5) is 0. The highest BCUT2D eigenvalue weighted by atomic mass is 28.1. The molecule has 3 heteroatoms. The summed E-state index contributed by atoms with van der Waals surface area (Å²) in [6.07, 6.45) is 25.5. The first kappa shape index (κ1) is 22.3. The van der Waals surface area contributed by atoms with Gasteiger partial charge in [-0.3, -0.25) is 4.48 Å². The standard InChI is InChI=1S/C22H39N2Si/c1-24(2,21-22-15-11-10-12-16-22)19-18-23-17-13-8-6-4-3-5-7-9-14-20-25/h10-12,15-16,21,23H,3-9,13-14,17-20H2,1-2H3/q+2. The van der Waals surface area contributed by atoms with Crippen LogP contribution in [0.5, 0.6) is 0 Å². The van der Waals surface area contributed by atoms with Crippen LogP contribution in [0.1, 0.15) is 57.8 Å². The highest BCUT2D eigenvalue weighted by Gasteiger charge is 2.17. The van der Waals surface area contributed by atoms with E-state index in [1.165, 1.54) is 63.4 Å². The molecule has 0 aromatic rings. The smallest absolute Gasteiger partial charge is 0.177 e. The molecular weight excluding hydrogens is 320 g/mol. The van der Waals surface area contributed by atoms with Gasteiger partial charge in [0.05, 0.1) is 14.1 Å². The summed E-state index contributed by atoms with van der Waals surface area (Å²) in [6.45, 7) is 3.38. The summed E-state index contributed by atoms with van der Waals surface area (Å²) in [5.41, 5.74) is 1.31. The molecule has 2 nitrogen and oxygen atoms in total. The van der Waals surface area contributed by atoms with E-state index in [9.17, 15) is 0 Å². The van der Waals surface area contributed by atoms with Crippen LogP contribution >= 0.6 is 0 Å². The molecule has 0 aliphatic heterocycles. The minimum atomic E-state index is 0.923. The van der Waals surface area contributed by atoms with E-state index in [0.29, 0.717) is 0 Å². The van der Waals surface area contributed by atoms with Crippen LogP contribution in [0.15, 0.2) is 36.1 Å². The third kappa shape index (κ3) is 13.1. The van der Waals surface area contributed by atoms with Gasteiger partial charge in [-0.05, 0) is 13.0 Å². The lowest BCUT2D eigenvalue weighted by atomic mass is 10.1. The second-order valence-corrected chi connectivity index (χ2v) is 8.22. The van der Waals surface area contributed by atoms with Crippen LogP contribution in [0.25, 0.3) is 0 Å². The molecule has 1 aliphatic rings. The van der Waals surface area contributed by atoms with Crippen molar-refractivity contribution < 1.29 is 4.48 Å². The van der Waals surface area contributed by atoms with Crippen molar-refractivity contribution in [2.24, 2.45) is 0 Å². The molecule has 0 spiro atoms. The minimum absolute atomic E-state index is 0.923. The Morgan fingerprint density at radius 2 is 1.56 bits per heavy atom. The second kappa shape index (κ2) is 14.4. The summed E-state index contributed by atoms with van der Waals surface area (Å²) in [6, 6.07) is 1.16. The molecule has 0 unspecified atom stereocenters. The highest BCUT2D eigenvalue weighted by Crippen LogP contribution is 2.13. The van der Waals surface area contributed by atoms with Crippen molar-refractivity contribution in [3.05, 3.63) is 42.5 Å². The Bertz CT molecular complexity index is 410. The van der Waals surface area contributed by atoms with E-state index in [1.807, 2.05) is 0 Å². The third-order valence-electron chi connectivity index (χ3n) is 4.69. The minimum Gasteiger partial charge on any atom is -0.311 e. The molecule has 0 saturated heterocycles. The summed E-state index contributed by atoms with van der Waals surface area (Å²) in [5, 5.41) is 3.61. The van der Waals surface area contributed by atoms with E-state index in [4.69, 9.17) is 0 Å². The lowest BCUT2D eigenvalue weighted by Crippen LogP contribution is -2.40. The van der Waals surface area contributed by atoms with E-state index in [1.54, 1.807) is 0 Å². The summed E-state index contributed by atoms with van der Waals surface area (Å²) < 4.78 is 0.923. The van der Waals surface area contributed by atoms with Gasteiger partial charge >= 0.3 is 0 Å². The topological polar surface area (TPSA) is 12.0 Å². The monoisotopic (exact) mass is 359 g/mol. The lowest BCUT2D eigenvalue weighted by molar-refractivity contribution is -0.837. The zero-order valence-corrected chi connectivity index (χ0v) is 17.6. The number of rotatable bonds is 15. The molecule has 0 aromatic carbocycles. The van der Waals surface area contributed by atoms with E-state index in [-0.39, 0.29) is 0 Å². The van der Waals surface area contributed by atoms with Gasteiger partial charge in [-0.1, -0.05) is 57.4 Å². The average Bonchev–Trinajstić information content (AvgIpc) is 2.59. The predicted octanol–water partition coefficient (Wildman–Crippen LogP) is 4.96. The molecule has 1 aliphatic carbocycles. The van der Waals surface area contributed by atoms with E-state index < -0.39 is 0 Å². The van der Waals surface area contributed by atoms with E-state index >= 15 is 0 Å². The van der Waals surface area contributed by atoms with Crippen LogP contribution < -0.4 is 5.32 Å².